The summed E-state index contributed by atoms with van der Waals surface area (Å²) in [7, 11) is 0. The second-order valence-electron chi connectivity index (χ2n) is 4.84. The molecule has 0 fully saturated rings. The minimum absolute atomic E-state index is 0.158. The highest BCUT2D eigenvalue weighted by Gasteiger charge is 2.13. The molecule has 0 radical (unpaired) electrons. The van der Waals surface area contributed by atoms with E-state index in [1.807, 2.05) is 30.3 Å². The van der Waals surface area contributed by atoms with E-state index in [-0.39, 0.29) is 31.1 Å². The molecule has 0 saturated heterocycles. The number of rotatable bonds is 6. The number of benzene rings is 2. The van der Waals surface area contributed by atoms with Crippen molar-refractivity contribution >= 4 is 5.78 Å². The third kappa shape index (κ3) is 3.89. The Kier molecular flexibility index (Phi) is 5.06. The molecule has 0 aliphatic heterocycles. The second kappa shape index (κ2) is 6.99. The van der Waals surface area contributed by atoms with Crippen molar-refractivity contribution in [2.75, 3.05) is 6.54 Å². The number of Topliss-reactive ketones (excluding diaryl/α,β-unsaturated/α-hetero) is 1. The normalized spacial score (nSPS) is 10.4. The van der Waals surface area contributed by atoms with Gasteiger partial charge in [0.05, 0.1) is 0 Å². The number of ketones is 1. The fourth-order valence-corrected chi connectivity index (χ4v) is 2.08. The molecule has 0 aliphatic carbocycles. The Balaban J connectivity index is 2.15. The maximum Gasteiger partial charge on any atom is 0.166 e. The molecule has 2 rings (SSSR count). The smallest absolute Gasteiger partial charge is 0.166 e. The van der Waals surface area contributed by atoms with Crippen molar-refractivity contribution in [3.05, 3.63) is 65.0 Å². The molecule has 110 valence electrons. The summed E-state index contributed by atoms with van der Waals surface area (Å²) in [5.74, 6) is -0.497. The zero-order valence-electron chi connectivity index (χ0n) is 11.9. The standard InChI is InChI=1S/C17H18FNO2/c1-12-9-14(16(20)7-8-19)10-15(18)17(12)21-11-13-5-3-2-4-6-13/h2-6,9-10H,7-8,11,19H2,1H3. The summed E-state index contributed by atoms with van der Waals surface area (Å²) in [6, 6.07) is 12.4. The first-order chi connectivity index (χ1) is 10.1. The van der Waals surface area contributed by atoms with Crippen molar-refractivity contribution in [1.82, 2.24) is 0 Å². The summed E-state index contributed by atoms with van der Waals surface area (Å²) >= 11 is 0. The molecule has 2 aromatic rings. The third-order valence-corrected chi connectivity index (χ3v) is 3.15. The van der Waals surface area contributed by atoms with Crippen molar-refractivity contribution in [3.8, 4) is 5.75 Å². The van der Waals surface area contributed by atoms with E-state index in [2.05, 4.69) is 0 Å². The third-order valence-electron chi connectivity index (χ3n) is 3.15. The van der Waals surface area contributed by atoms with Crippen molar-refractivity contribution < 1.29 is 13.9 Å². The van der Waals surface area contributed by atoms with Crippen LogP contribution < -0.4 is 10.5 Å². The van der Waals surface area contributed by atoms with Crippen LogP contribution in [-0.4, -0.2) is 12.3 Å². The Labute approximate surface area is 123 Å². The number of carbonyl (C=O) groups excluding carboxylic acids is 1. The minimum atomic E-state index is -0.522. The molecule has 2 N–H and O–H groups in total. The van der Waals surface area contributed by atoms with E-state index in [0.717, 1.165) is 5.56 Å². The Morgan fingerprint density at radius 1 is 1.24 bits per heavy atom. The summed E-state index contributed by atoms with van der Waals surface area (Å²) in [5.41, 5.74) is 7.24. The van der Waals surface area contributed by atoms with Crippen LogP contribution in [0.15, 0.2) is 42.5 Å². The lowest BCUT2D eigenvalue weighted by Gasteiger charge is -2.12. The molecule has 0 bridgehead atoms. The highest BCUT2D eigenvalue weighted by molar-refractivity contribution is 5.96. The van der Waals surface area contributed by atoms with Crippen LogP contribution in [0, 0.1) is 12.7 Å². The van der Waals surface area contributed by atoms with Crippen LogP contribution in [0.5, 0.6) is 5.75 Å². The van der Waals surface area contributed by atoms with Crippen molar-refractivity contribution in [3.63, 3.8) is 0 Å². The lowest BCUT2D eigenvalue weighted by atomic mass is 10.0. The Morgan fingerprint density at radius 2 is 1.95 bits per heavy atom. The average molecular weight is 287 g/mol. The molecule has 0 atom stereocenters. The van der Waals surface area contributed by atoms with Crippen LogP contribution in [-0.2, 0) is 6.61 Å². The van der Waals surface area contributed by atoms with Crippen LogP contribution in [0.1, 0.15) is 27.9 Å². The van der Waals surface area contributed by atoms with E-state index < -0.39 is 5.82 Å². The molecule has 0 aromatic heterocycles. The van der Waals surface area contributed by atoms with Gasteiger partial charge in [0.25, 0.3) is 0 Å². The van der Waals surface area contributed by atoms with Gasteiger partial charge in [-0.3, -0.25) is 4.79 Å². The van der Waals surface area contributed by atoms with E-state index in [1.165, 1.54) is 6.07 Å². The lowest BCUT2D eigenvalue weighted by molar-refractivity contribution is 0.0985. The van der Waals surface area contributed by atoms with Crippen LogP contribution in [0.2, 0.25) is 0 Å². The number of aryl methyl sites for hydroxylation is 1. The number of carbonyl (C=O) groups is 1. The molecule has 2 aromatic carbocycles. The molecule has 0 saturated carbocycles. The van der Waals surface area contributed by atoms with Gasteiger partial charge in [0.15, 0.2) is 17.3 Å². The quantitative estimate of drug-likeness (QED) is 0.830. The fraction of sp³-hybridized carbons (Fsp3) is 0.235. The second-order valence-corrected chi connectivity index (χ2v) is 4.84. The van der Waals surface area contributed by atoms with Crippen molar-refractivity contribution in [2.45, 2.75) is 20.0 Å². The zero-order valence-corrected chi connectivity index (χ0v) is 11.9. The highest BCUT2D eigenvalue weighted by Crippen LogP contribution is 2.25. The van der Waals surface area contributed by atoms with E-state index in [9.17, 15) is 9.18 Å². The number of hydrogen-bond donors (Lipinski definition) is 1. The number of halogens is 1. The maximum atomic E-state index is 14.1. The monoisotopic (exact) mass is 287 g/mol. The molecule has 3 nitrogen and oxygen atoms in total. The van der Waals surface area contributed by atoms with Gasteiger partial charge in [-0.15, -0.1) is 0 Å². The van der Waals surface area contributed by atoms with Gasteiger partial charge in [-0.25, -0.2) is 4.39 Å². The van der Waals surface area contributed by atoms with Crippen LogP contribution >= 0.6 is 0 Å². The molecule has 21 heavy (non-hydrogen) atoms. The van der Waals surface area contributed by atoms with Crippen molar-refractivity contribution in [2.24, 2.45) is 5.73 Å². The summed E-state index contributed by atoms with van der Waals surface area (Å²) < 4.78 is 19.6. The van der Waals surface area contributed by atoms with Gasteiger partial charge in [-0.2, -0.15) is 0 Å². The highest BCUT2D eigenvalue weighted by atomic mass is 19.1. The number of ether oxygens (including phenoxy) is 1. The first kappa shape index (κ1) is 15.2. The summed E-state index contributed by atoms with van der Waals surface area (Å²) in [6.45, 7) is 2.27. The largest absolute Gasteiger partial charge is 0.486 e. The van der Waals surface area contributed by atoms with Gasteiger partial charge in [0.1, 0.15) is 6.61 Å². The first-order valence-corrected chi connectivity index (χ1v) is 6.82. The van der Waals surface area contributed by atoms with Gasteiger partial charge >= 0.3 is 0 Å². The molecule has 0 unspecified atom stereocenters. The molecular weight excluding hydrogens is 269 g/mol. The van der Waals surface area contributed by atoms with Gasteiger partial charge in [0, 0.05) is 12.0 Å². The molecule has 4 heteroatoms. The predicted molar refractivity (Wildman–Crippen MR) is 79.9 cm³/mol. The molecule has 0 heterocycles. The summed E-state index contributed by atoms with van der Waals surface area (Å²) in [6.07, 6.45) is 0.211. The summed E-state index contributed by atoms with van der Waals surface area (Å²) in [4.78, 5) is 11.8. The first-order valence-electron chi connectivity index (χ1n) is 6.82. The van der Waals surface area contributed by atoms with Crippen LogP contribution in [0.25, 0.3) is 0 Å². The Morgan fingerprint density at radius 3 is 2.57 bits per heavy atom. The fourth-order valence-electron chi connectivity index (χ4n) is 2.08. The zero-order chi connectivity index (χ0) is 15.2. The van der Waals surface area contributed by atoms with Crippen LogP contribution in [0.3, 0.4) is 0 Å². The molecule has 0 amide bonds. The molecular formula is C17H18FNO2. The van der Waals surface area contributed by atoms with E-state index >= 15 is 0 Å². The minimum Gasteiger partial charge on any atom is -0.486 e. The maximum absolute atomic E-state index is 14.1. The topological polar surface area (TPSA) is 52.3 Å². The van der Waals surface area contributed by atoms with Crippen molar-refractivity contribution in [1.29, 1.82) is 0 Å². The lowest BCUT2D eigenvalue weighted by Crippen LogP contribution is -2.09. The van der Waals surface area contributed by atoms with Gasteiger partial charge in [-0.1, -0.05) is 30.3 Å². The Bertz CT molecular complexity index is 603. The molecule has 0 spiro atoms. The Hall–Kier alpha value is -2.20. The molecule has 0 aliphatic rings. The summed E-state index contributed by atoms with van der Waals surface area (Å²) in [5, 5.41) is 0. The number of nitrogens with two attached hydrogens (primary N) is 1. The van der Waals surface area contributed by atoms with Gasteiger partial charge in [-0.05, 0) is 36.7 Å². The van der Waals surface area contributed by atoms with Gasteiger partial charge in [0.2, 0.25) is 0 Å². The SMILES string of the molecule is Cc1cc(C(=O)CCN)cc(F)c1OCc1ccccc1. The van der Waals surface area contributed by atoms with Crippen LogP contribution in [0.4, 0.5) is 4.39 Å². The van der Waals surface area contributed by atoms with E-state index in [1.54, 1.807) is 13.0 Å². The van der Waals surface area contributed by atoms with E-state index in [4.69, 9.17) is 10.5 Å². The van der Waals surface area contributed by atoms with Gasteiger partial charge < -0.3 is 10.5 Å². The predicted octanol–water partition coefficient (Wildman–Crippen LogP) is 3.24. The van der Waals surface area contributed by atoms with E-state index in [0.29, 0.717) is 11.1 Å². The number of hydrogen-bond acceptors (Lipinski definition) is 3. The average Bonchev–Trinajstić information content (AvgIpc) is 2.47.